The van der Waals surface area contributed by atoms with Crippen LogP contribution in [0.2, 0.25) is 0 Å². The summed E-state index contributed by atoms with van der Waals surface area (Å²) in [7, 11) is 0. The molecule has 0 aromatic heterocycles. The molecule has 2 aromatic rings. The minimum absolute atomic E-state index is 0.0913. The van der Waals surface area contributed by atoms with Crippen molar-refractivity contribution in [3.63, 3.8) is 0 Å². The van der Waals surface area contributed by atoms with Gasteiger partial charge in [0.15, 0.2) is 0 Å². The lowest BCUT2D eigenvalue weighted by Crippen LogP contribution is -2.41. The van der Waals surface area contributed by atoms with E-state index in [1.165, 1.54) is 11.8 Å². The molecule has 0 saturated carbocycles. The molecule has 6 heteroatoms. The van der Waals surface area contributed by atoms with Gasteiger partial charge in [-0.05, 0) is 76.8 Å². The summed E-state index contributed by atoms with van der Waals surface area (Å²) in [6.07, 6.45) is 7.93. The molecular weight excluding hydrogens is 468 g/mol. The van der Waals surface area contributed by atoms with Crippen molar-refractivity contribution in [2.45, 2.75) is 71.6 Å². The van der Waals surface area contributed by atoms with E-state index < -0.39 is 6.10 Å². The van der Waals surface area contributed by atoms with E-state index in [9.17, 15) is 14.7 Å². The molecule has 1 atom stereocenters. The van der Waals surface area contributed by atoms with E-state index in [0.29, 0.717) is 29.7 Å². The summed E-state index contributed by atoms with van der Waals surface area (Å²) in [5, 5.41) is 19.0. The molecule has 0 radical (unpaired) electrons. The summed E-state index contributed by atoms with van der Waals surface area (Å²) >= 11 is 1.47. The highest BCUT2D eigenvalue weighted by Crippen LogP contribution is 2.29. The molecule has 0 aliphatic heterocycles. The molecule has 0 spiro atoms. The minimum atomic E-state index is -0.693. The number of benzene rings is 2. The zero-order valence-corrected chi connectivity index (χ0v) is 23.0. The largest absolute Gasteiger partial charge is 0.392 e. The molecule has 0 fully saturated rings. The number of fused-ring (bicyclic) bond motifs is 1. The highest BCUT2D eigenvalue weighted by molar-refractivity contribution is 8.03. The maximum Gasteiger partial charge on any atom is 0.252 e. The van der Waals surface area contributed by atoms with Gasteiger partial charge in [0, 0.05) is 27.3 Å². The lowest BCUT2D eigenvalue weighted by Gasteiger charge is -2.23. The first kappa shape index (κ1) is 27.8. The predicted molar refractivity (Wildman–Crippen MR) is 151 cm³/mol. The first-order valence-corrected chi connectivity index (χ1v) is 13.4. The van der Waals surface area contributed by atoms with Gasteiger partial charge in [0.25, 0.3) is 5.91 Å². The zero-order chi connectivity index (χ0) is 26.5. The van der Waals surface area contributed by atoms with Crippen LogP contribution in [0.25, 0.3) is 10.8 Å². The number of hydrogen-bond donors (Lipinski definition) is 3. The van der Waals surface area contributed by atoms with Crippen LogP contribution in [0.4, 0.5) is 0 Å². The van der Waals surface area contributed by atoms with Gasteiger partial charge in [-0.1, -0.05) is 54.6 Å². The Morgan fingerprint density at radius 1 is 0.944 bits per heavy atom. The summed E-state index contributed by atoms with van der Waals surface area (Å²) < 4.78 is 0. The van der Waals surface area contributed by atoms with Gasteiger partial charge < -0.3 is 15.7 Å². The van der Waals surface area contributed by atoms with Crippen LogP contribution in [0.1, 0.15) is 63.9 Å². The van der Waals surface area contributed by atoms with Gasteiger partial charge >= 0.3 is 0 Å². The number of allylic oxidation sites excluding steroid dienone is 4. The normalized spacial score (nSPS) is 15.1. The topological polar surface area (TPSA) is 78.4 Å². The number of amides is 2. The summed E-state index contributed by atoms with van der Waals surface area (Å²) in [4.78, 5) is 27.1. The zero-order valence-electron chi connectivity index (χ0n) is 22.1. The number of aliphatic hydroxyl groups excluding tert-OH is 1. The Balaban J connectivity index is 1.83. The maximum atomic E-state index is 13.3. The highest BCUT2D eigenvalue weighted by atomic mass is 32.2. The molecule has 2 aromatic carbocycles. The van der Waals surface area contributed by atoms with Crippen LogP contribution in [0.15, 0.2) is 71.2 Å². The van der Waals surface area contributed by atoms with E-state index in [1.54, 1.807) is 0 Å². The lowest BCUT2D eigenvalue weighted by atomic mass is 9.94. The SMILES string of the molecule is CC(C)(C)NC(=O)C1=C(SCC(O)Cc2ccc3ccccc3c2C(=O)NC(C)(C)C)C=CC=CC1. The number of carbonyl (C=O) groups excluding carboxylic acids is 2. The second kappa shape index (κ2) is 11.5. The Bertz CT molecular complexity index is 1210. The van der Waals surface area contributed by atoms with Crippen molar-refractivity contribution in [2.75, 3.05) is 5.75 Å². The van der Waals surface area contributed by atoms with Crippen LogP contribution >= 0.6 is 11.8 Å². The van der Waals surface area contributed by atoms with Gasteiger partial charge in [0.2, 0.25) is 5.91 Å². The Kier molecular flexibility index (Phi) is 8.85. The monoisotopic (exact) mass is 506 g/mol. The molecule has 0 heterocycles. The van der Waals surface area contributed by atoms with Crippen LogP contribution in [0.3, 0.4) is 0 Å². The predicted octanol–water partition coefficient (Wildman–Crippen LogP) is 5.69. The van der Waals surface area contributed by atoms with Gasteiger partial charge in [0.05, 0.1) is 11.7 Å². The van der Waals surface area contributed by atoms with E-state index >= 15 is 0 Å². The van der Waals surface area contributed by atoms with Gasteiger partial charge in [0.1, 0.15) is 0 Å². The van der Waals surface area contributed by atoms with Crippen molar-refractivity contribution in [1.82, 2.24) is 10.6 Å². The Morgan fingerprint density at radius 2 is 1.61 bits per heavy atom. The first-order chi connectivity index (χ1) is 16.8. The third kappa shape index (κ3) is 7.84. The fourth-order valence-corrected chi connectivity index (χ4v) is 5.04. The highest BCUT2D eigenvalue weighted by Gasteiger charge is 2.23. The van der Waals surface area contributed by atoms with Crippen molar-refractivity contribution in [3.8, 4) is 0 Å². The molecule has 0 saturated heterocycles. The fraction of sp³-hybridized carbons (Fsp3) is 0.400. The van der Waals surface area contributed by atoms with E-state index in [4.69, 9.17) is 0 Å². The maximum absolute atomic E-state index is 13.3. The third-order valence-corrected chi connectivity index (χ3v) is 6.74. The number of thioether (sulfide) groups is 1. The third-order valence-electron chi connectivity index (χ3n) is 5.49. The molecular formula is C30H38N2O3S. The number of nitrogens with one attached hydrogen (secondary N) is 2. The standard InChI is InChI=1S/C30H38N2O3S/c1-29(2,3)31-27(34)24-14-8-7-9-15-25(24)36-19-22(33)18-21-17-16-20-12-10-11-13-23(20)26(21)28(35)32-30(4,5)6/h7-13,15-17,22,33H,14,18-19H2,1-6H3,(H,31,34)(H,32,35). The van der Waals surface area contributed by atoms with Gasteiger partial charge in [-0.25, -0.2) is 0 Å². The molecule has 192 valence electrons. The Labute approximate surface area is 219 Å². The van der Waals surface area contributed by atoms with Crippen LogP contribution in [0.5, 0.6) is 0 Å². The molecule has 2 amide bonds. The van der Waals surface area contributed by atoms with Crippen LogP contribution in [-0.4, -0.2) is 39.9 Å². The van der Waals surface area contributed by atoms with E-state index in [1.807, 2.05) is 102 Å². The van der Waals surface area contributed by atoms with Gasteiger partial charge in [-0.3, -0.25) is 9.59 Å². The second-order valence-corrected chi connectivity index (χ2v) is 12.3. The Hall–Kier alpha value is -2.83. The van der Waals surface area contributed by atoms with Crippen LogP contribution in [0, 0.1) is 0 Å². The summed E-state index contributed by atoms with van der Waals surface area (Å²) in [6.45, 7) is 11.7. The molecule has 3 N–H and O–H groups in total. The van der Waals surface area contributed by atoms with Crippen molar-refractivity contribution in [3.05, 3.63) is 82.3 Å². The van der Waals surface area contributed by atoms with E-state index in [-0.39, 0.29) is 22.9 Å². The number of carbonyl (C=O) groups is 2. The molecule has 5 nitrogen and oxygen atoms in total. The van der Waals surface area contributed by atoms with Crippen LogP contribution < -0.4 is 10.6 Å². The number of rotatable bonds is 7. The molecule has 1 unspecified atom stereocenters. The van der Waals surface area contributed by atoms with Crippen molar-refractivity contribution in [2.24, 2.45) is 0 Å². The first-order valence-electron chi connectivity index (χ1n) is 12.4. The van der Waals surface area contributed by atoms with E-state index in [2.05, 4.69) is 10.6 Å². The number of aliphatic hydroxyl groups is 1. The number of hydrogen-bond acceptors (Lipinski definition) is 4. The molecule has 0 bridgehead atoms. The molecule has 1 aliphatic carbocycles. The average Bonchev–Trinajstić information content (AvgIpc) is 3.00. The summed E-state index contributed by atoms with van der Waals surface area (Å²) in [5.74, 6) is 0.168. The van der Waals surface area contributed by atoms with E-state index in [0.717, 1.165) is 21.2 Å². The lowest BCUT2D eigenvalue weighted by molar-refractivity contribution is -0.118. The van der Waals surface area contributed by atoms with Crippen LogP contribution in [-0.2, 0) is 11.2 Å². The second-order valence-electron chi connectivity index (χ2n) is 11.2. The fourth-order valence-electron chi connectivity index (χ4n) is 4.02. The van der Waals surface area contributed by atoms with Crippen molar-refractivity contribution >= 4 is 34.3 Å². The smallest absolute Gasteiger partial charge is 0.252 e. The van der Waals surface area contributed by atoms with Crippen molar-refractivity contribution < 1.29 is 14.7 Å². The van der Waals surface area contributed by atoms with Gasteiger partial charge in [-0.15, -0.1) is 11.8 Å². The minimum Gasteiger partial charge on any atom is -0.392 e. The molecule has 3 rings (SSSR count). The van der Waals surface area contributed by atoms with Crippen molar-refractivity contribution in [1.29, 1.82) is 0 Å². The van der Waals surface area contributed by atoms with Gasteiger partial charge in [-0.2, -0.15) is 0 Å². The summed E-state index contributed by atoms with van der Waals surface area (Å²) in [5.41, 5.74) is 1.40. The molecule has 1 aliphatic rings. The quantitative estimate of drug-likeness (QED) is 0.451. The molecule has 36 heavy (non-hydrogen) atoms. The Morgan fingerprint density at radius 3 is 2.31 bits per heavy atom. The average molecular weight is 507 g/mol. The summed E-state index contributed by atoms with van der Waals surface area (Å²) in [6, 6.07) is 11.7.